The van der Waals surface area contributed by atoms with Crippen LogP contribution in [-0.4, -0.2) is 23.0 Å². The molecule has 2 nitrogen and oxygen atoms in total. The van der Waals surface area contributed by atoms with Crippen LogP contribution in [0.4, 0.5) is 0 Å². The molecule has 3 rings (SSSR count). The molecule has 83 valence electrons. The summed E-state index contributed by atoms with van der Waals surface area (Å²) < 4.78 is 0. The van der Waals surface area contributed by atoms with Crippen molar-refractivity contribution in [3.8, 4) is 0 Å². The van der Waals surface area contributed by atoms with Gasteiger partial charge in [0.2, 0.25) is 0 Å². The van der Waals surface area contributed by atoms with Crippen molar-refractivity contribution in [1.82, 2.24) is 9.88 Å². The van der Waals surface area contributed by atoms with Gasteiger partial charge in [-0.2, -0.15) is 0 Å². The van der Waals surface area contributed by atoms with E-state index >= 15 is 0 Å². The number of rotatable bonds is 2. The van der Waals surface area contributed by atoms with Crippen molar-refractivity contribution in [1.29, 1.82) is 0 Å². The van der Waals surface area contributed by atoms with E-state index in [9.17, 15) is 0 Å². The zero-order chi connectivity index (χ0) is 10.8. The van der Waals surface area contributed by atoms with E-state index in [1.807, 2.05) is 0 Å². The van der Waals surface area contributed by atoms with Crippen LogP contribution in [0.15, 0.2) is 30.5 Å². The molecule has 0 bridgehead atoms. The number of likely N-dealkylation sites (tertiary alicyclic amines) is 1. The summed E-state index contributed by atoms with van der Waals surface area (Å²) in [4.78, 5) is 5.85. The number of benzene rings is 1. The highest BCUT2D eigenvalue weighted by molar-refractivity contribution is 5.82. The Balaban J connectivity index is 1.83. The van der Waals surface area contributed by atoms with E-state index in [2.05, 4.69) is 46.8 Å². The first kappa shape index (κ1) is 9.91. The predicted octanol–water partition coefficient (Wildman–Crippen LogP) is 2.97. The van der Waals surface area contributed by atoms with Gasteiger partial charge < -0.3 is 4.98 Å². The smallest absolute Gasteiger partial charge is 0.0457 e. The quantitative estimate of drug-likeness (QED) is 0.812. The van der Waals surface area contributed by atoms with E-state index in [1.165, 1.54) is 35.9 Å². The van der Waals surface area contributed by atoms with Crippen molar-refractivity contribution in [2.45, 2.75) is 19.4 Å². The molecule has 0 amide bonds. The van der Waals surface area contributed by atoms with Crippen LogP contribution >= 0.6 is 0 Å². The summed E-state index contributed by atoms with van der Waals surface area (Å²) >= 11 is 0. The molecular weight excluding hydrogens is 196 g/mol. The summed E-state index contributed by atoms with van der Waals surface area (Å²) in [5.41, 5.74) is 2.67. The van der Waals surface area contributed by atoms with E-state index in [-0.39, 0.29) is 0 Å². The highest BCUT2D eigenvalue weighted by Gasteiger charge is 2.12. The fourth-order valence-electron chi connectivity index (χ4n) is 2.47. The molecule has 0 saturated carbocycles. The van der Waals surface area contributed by atoms with Crippen molar-refractivity contribution in [3.05, 3.63) is 42.4 Å². The number of aromatic amines is 1. The average molecular weight is 213 g/mol. The number of piperidine rings is 1. The summed E-state index contributed by atoms with van der Waals surface area (Å²) in [6, 6.07) is 8.54. The summed E-state index contributed by atoms with van der Waals surface area (Å²) in [6.45, 7) is 3.44. The lowest BCUT2D eigenvalue weighted by Gasteiger charge is -2.25. The monoisotopic (exact) mass is 213 g/mol. The normalized spacial score (nSPS) is 18.0. The molecule has 1 fully saturated rings. The van der Waals surface area contributed by atoms with Crippen LogP contribution in [0.3, 0.4) is 0 Å². The third kappa shape index (κ3) is 1.85. The highest BCUT2D eigenvalue weighted by Crippen LogP contribution is 2.20. The lowest BCUT2D eigenvalue weighted by molar-refractivity contribution is 0.255. The van der Waals surface area contributed by atoms with Crippen LogP contribution in [0.25, 0.3) is 10.9 Å². The molecule has 0 aliphatic carbocycles. The Labute approximate surface area is 96.3 Å². The van der Waals surface area contributed by atoms with E-state index in [0.717, 1.165) is 13.1 Å². The minimum Gasteiger partial charge on any atom is -0.361 e. The maximum atomic E-state index is 3.34. The molecule has 1 aliphatic heterocycles. The van der Waals surface area contributed by atoms with Gasteiger partial charge in [-0.15, -0.1) is 0 Å². The number of nitrogens with one attached hydrogen (secondary N) is 1. The number of nitrogens with zero attached hydrogens (tertiary/aromatic N) is 1. The van der Waals surface area contributed by atoms with E-state index in [1.54, 1.807) is 0 Å². The number of H-pyrrole nitrogens is 1. The minimum atomic E-state index is 1.07. The van der Waals surface area contributed by atoms with Crippen molar-refractivity contribution in [2.24, 2.45) is 0 Å². The zero-order valence-corrected chi connectivity index (χ0v) is 9.45. The number of aromatic nitrogens is 1. The van der Waals surface area contributed by atoms with Gasteiger partial charge in [-0.1, -0.05) is 18.2 Å². The maximum absolute atomic E-state index is 3.34. The molecular formula is C14H17N2. The van der Waals surface area contributed by atoms with Crippen LogP contribution in [-0.2, 0) is 6.54 Å². The SMILES string of the molecule is [CH]1CCCN(Cc2c[nH]c3ccccc23)C1. The first-order valence-corrected chi connectivity index (χ1v) is 6.02. The Morgan fingerprint density at radius 3 is 3.06 bits per heavy atom. The van der Waals surface area contributed by atoms with Crippen LogP contribution in [0, 0.1) is 6.42 Å². The summed E-state index contributed by atoms with van der Waals surface area (Å²) in [7, 11) is 0. The maximum Gasteiger partial charge on any atom is 0.0457 e. The topological polar surface area (TPSA) is 19.0 Å². The van der Waals surface area contributed by atoms with Gasteiger partial charge in [0.1, 0.15) is 0 Å². The first-order chi connectivity index (χ1) is 7.93. The molecule has 1 saturated heterocycles. The fraction of sp³-hybridized carbons (Fsp3) is 0.357. The van der Waals surface area contributed by atoms with Crippen LogP contribution in [0.2, 0.25) is 0 Å². The second-order valence-electron chi connectivity index (χ2n) is 4.53. The minimum absolute atomic E-state index is 1.07. The van der Waals surface area contributed by atoms with Gasteiger partial charge in [-0.3, -0.25) is 4.90 Å². The summed E-state index contributed by atoms with van der Waals surface area (Å²) in [5.74, 6) is 0. The Morgan fingerprint density at radius 2 is 2.19 bits per heavy atom. The Bertz CT molecular complexity index is 466. The van der Waals surface area contributed by atoms with Gasteiger partial charge >= 0.3 is 0 Å². The average Bonchev–Trinajstić information content (AvgIpc) is 2.74. The predicted molar refractivity (Wildman–Crippen MR) is 67.1 cm³/mol. The molecule has 16 heavy (non-hydrogen) atoms. The number of hydrogen-bond donors (Lipinski definition) is 1. The van der Waals surface area contributed by atoms with Crippen molar-refractivity contribution >= 4 is 10.9 Å². The molecule has 2 heterocycles. The van der Waals surface area contributed by atoms with E-state index in [4.69, 9.17) is 0 Å². The zero-order valence-electron chi connectivity index (χ0n) is 9.45. The van der Waals surface area contributed by atoms with Gasteiger partial charge in [0.15, 0.2) is 0 Å². The molecule has 2 heteroatoms. The van der Waals surface area contributed by atoms with Gasteiger partial charge in [0.25, 0.3) is 0 Å². The standard InChI is InChI=1S/C14H17N2/c1-4-8-16(9-5-1)11-12-10-15-14-7-3-2-6-13(12)14/h2-4,6-7,10,15H,1,5,8-9,11H2. The number of para-hydroxylation sites is 1. The van der Waals surface area contributed by atoms with Crippen molar-refractivity contribution in [3.63, 3.8) is 0 Å². The van der Waals surface area contributed by atoms with Crippen LogP contribution in [0.5, 0.6) is 0 Å². The van der Waals surface area contributed by atoms with Crippen molar-refractivity contribution < 1.29 is 0 Å². The second-order valence-corrected chi connectivity index (χ2v) is 4.53. The molecule has 1 radical (unpaired) electrons. The van der Waals surface area contributed by atoms with Crippen LogP contribution in [0.1, 0.15) is 18.4 Å². The van der Waals surface area contributed by atoms with Gasteiger partial charge in [-0.05, 0) is 37.4 Å². The van der Waals surface area contributed by atoms with Crippen LogP contribution < -0.4 is 0 Å². The third-order valence-electron chi connectivity index (χ3n) is 3.34. The summed E-state index contributed by atoms with van der Waals surface area (Å²) in [6.07, 6.45) is 7.13. The first-order valence-electron chi connectivity index (χ1n) is 6.02. The molecule has 1 N–H and O–H groups in total. The number of hydrogen-bond acceptors (Lipinski definition) is 1. The fourth-order valence-corrected chi connectivity index (χ4v) is 2.47. The van der Waals surface area contributed by atoms with E-state index in [0.29, 0.717) is 0 Å². The lowest BCUT2D eigenvalue weighted by atomic mass is 10.1. The highest BCUT2D eigenvalue weighted by atomic mass is 15.1. The van der Waals surface area contributed by atoms with Crippen molar-refractivity contribution in [2.75, 3.05) is 13.1 Å². The van der Waals surface area contributed by atoms with Gasteiger partial charge in [0, 0.05) is 30.2 Å². The molecule has 1 aromatic heterocycles. The molecule has 0 spiro atoms. The molecule has 1 aliphatic rings. The number of fused-ring (bicyclic) bond motifs is 1. The molecule has 1 aromatic carbocycles. The molecule has 0 unspecified atom stereocenters. The third-order valence-corrected chi connectivity index (χ3v) is 3.34. The largest absolute Gasteiger partial charge is 0.361 e. The summed E-state index contributed by atoms with van der Waals surface area (Å²) in [5, 5.41) is 1.37. The Hall–Kier alpha value is -1.28. The second kappa shape index (κ2) is 4.30. The van der Waals surface area contributed by atoms with E-state index < -0.39 is 0 Å². The molecule has 2 aromatic rings. The molecule has 0 atom stereocenters. The Morgan fingerprint density at radius 1 is 1.25 bits per heavy atom. The van der Waals surface area contributed by atoms with Gasteiger partial charge in [-0.25, -0.2) is 0 Å². The lowest BCUT2D eigenvalue weighted by Crippen LogP contribution is -2.29. The Kier molecular flexibility index (Phi) is 2.66. The van der Waals surface area contributed by atoms with Gasteiger partial charge in [0.05, 0.1) is 0 Å².